The molecule has 0 radical (unpaired) electrons. The maximum atomic E-state index is 11.9. The normalized spacial score (nSPS) is 14.4. The minimum absolute atomic E-state index is 0.213. The van der Waals surface area contributed by atoms with Crippen molar-refractivity contribution in [3.05, 3.63) is 35.0 Å². The lowest BCUT2D eigenvalue weighted by Gasteiger charge is -2.10. The fourth-order valence-electron chi connectivity index (χ4n) is 2.81. The topological polar surface area (TPSA) is 42.1 Å². The minimum atomic E-state index is -0.213. The van der Waals surface area contributed by atoms with Crippen LogP contribution in [0, 0.1) is 0 Å². The van der Waals surface area contributed by atoms with E-state index in [0.717, 1.165) is 24.8 Å². The minimum Gasteiger partial charge on any atom is -0.462 e. The smallest absolute Gasteiger partial charge is 0.338 e. The molecule has 0 aliphatic heterocycles. The highest BCUT2D eigenvalue weighted by molar-refractivity contribution is 5.96. The Balaban J connectivity index is 1.98. The molecule has 1 aliphatic carbocycles. The Morgan fingerprint density at radius 2 is 2.16 bits per heavy atom. The number of carbonyl (C=O) groups is 1. The number of H-pyrrole nitrogens is 1. The SMILES string of the molecule is CCCOC(=O)c1ccc2[nH]c3c(c2c1)CCCC3. The Bertz CT molecular complexity index is 612. The maximum Gasteiger partial charge on any atom is 0.338 e. The lowest BCUT2D eigenvalue weighted by atomic mass is 9.95. The first-order chi connectivity index (χ1) is 9.29. The second kappa shape index (κ2) is 5.08. The Kier molecular flexibility index (Phi) is 3.28. The van der Waals surface area contributed by atoms with E-state index in [2.05, 4.69) is 4.98 Å². The van der Waals surface area contributed by atoms with Gasteiger partial charge in [0.25, 0.3) is 0 Å². The fraction of sp³-hybridized carbons (Fsp3) is 0.438. The van der Waals surface area contributed by atoms with E-state index in [4.69, 9.17) is 4.74 Å². The van der Waals surface area contributed by atoms with E-state index in [0.29, 0.717) is 12.2 Å². The Hall–Kier alpha value is -1.77. The van der Waals surface area contributed by atoms with E-state index in [1.807, 2.05) is 25.1 Å². The monoisotopic (exact) mass is 257 g/mol. The third kappa shape index (κ3) is 2.25. The summed E-state index contributed by atoms with van der Waals surface area (Å²) in [5.74, 6) is -0.213. The molecule has 1 heterocycles. The van der Waals surface area contributed by atoms with Crippen molar-refractivity contribution in [3.8, 4) is 0 Å². The summed E-state index contributed by atoms with van der Waals surface area (Å²) < 4.78 is 5.20. The van der Waals surface area contributed by atoms with Gasteiger partial charge in [0.1, 0.15) is 0 Å². The van der Waals surface area contributed by atoms with E-state index >= 15 is 0 Å². The summed E-state index contributed by atoms with van der Waals surface area (Å²) in [6.45, 7) is 2.49. The lowest BCUT2D eigenvalue weighted by molar-refractivity contribution is 0.0505. The molecule has 1 aromatic carbocycles. The van der Waals surface area contributed by atoms with Crippen LogP contribution in [0.2, 0.25) is 0 Å². The molecular formula is C16H19NO2. The number of aryl methyl sites for hydroxylation is 2. The summed E-state index contributed by atoms with van der Waals surface area (Å²) in [5, 5.41) is 1.20. The number of hydrogen-bond donors (Lipinski definition) is 1. The maximum absolute atomic E-state index is 11.9. The van der Waals surface area contributed by atoms with E-state index in [-0.39, 0.29) is 5.97 Å². The molecule has 100 valence electrons. The Morgan fingerprint density at radius 1 is 1.32 bits per heavy atom. The van der Waals surface area contributed by atoms with Crippen LogP contribution in [0.5, 0.6) is 0 Å². The number of aromatic nitrogens is 1. The van der Waals surface area contributed by atoms with Crippen LogP contribution in [0.15, 0.2) is 18.2 Å². The molecule has 0 unspecified atom stereocenters. The van der Waals surface area contributed by atoms with Crippen LogP contribution in [0.25, 0.3) is 10.9 Å². The molecule has 2 aromatic rings. The van der Waals surface area contributed by atoms with Gasteiger partial charge < -0.3 is 9.72 Å². The van der Waals surface area contributed by atoms with E-state index in [9.17, 15) is 4.79 Å². The first kappa shape index (κ1) is 12.3. The molecule has 1 N–H and O–H groups in total. The molecule has 1 aliphatic rings. The lowest BCUT2D eigenvalue weighted by Crippen LogP contribution is -2.05. The Labute approximate surface area is 113 Å². The highest BCUT2D eigenvalue weighted by Gasteiger charge is 2.17. The summed E-state index contributed by atoms with van der Waals surface area (Å²) in [6, 6.07) is 5.83. The van der Waals surface area contributed by atoms with Crippen LogP contribution >= 0.6 is 0 Å². The predicted molar refractivity (Wildman–Crippen MR) is 75.5 cm³/mol. The van der Waals surface area contributed by atoms with Crippen LogP contribution < -0.4 is 0 Å². The zero-order valence-corrected chi connectivity index (χ0v) is 11.3. The van der Waals surface area contributed by atoms with E-state index in [1.54, 1.807) is 0 Å². The van der Waals surface area contributed by atoms with E-state index in [1.165, 1.54) is 29.5 Å². The van der Waals surface area contributed by atoms with Crippen molar-refractivity contribution in [2.24, 2.45) is 0 Å². The number of ether oxygens (including phenoxy) is 1. The molecule has 0 spiro atoms. The number of carbonyl (C=O) groups excluding carboxylic acids is 1. The van der Waals surface area contributed by atoms with Gasteiger partial charge in [0.2, 0.25) is 0 Å². The van der Waals surface area contributed by atoms with Gasteiger partial charge in [-0.15, -0.1) is 0 Å². The molecule has 19 heavy (non-hydrogen) atoms. The zero-order valence-electron chi connectivity index (χ0n) is 11.3. The van der Waals surface area contributed by atoms with Crippen molar-refractivity contribution >= 4 is 16.9 Å². The van der Waals surface area contributed by atoms with Gasteiger partial charge in [-0.3, -0.25) is 0 Å². The van der Waals surface area contributed by atoms with Crippen LogP contribution in [0.1, 0.15) is 47.8 Å². The standard InChI is InChI=1S/C16H19NO2/c1-2-9-19-16(18)11-7-8-15-13(10-11)12-5-3-4-6-14(12)17-15/h7-8,10,17H,2-6,9H2,1H3. The first-order valence-electron chi connectivity index (χ1n) is 7.10. The van der Waals surface area contributed by atoms with Crippen molar-refractivity contribution in [2.45, 2.75) is 39.0 Å². The third-order valence-electron chi connectivity index (χ3n) is 3.77. The molecule has 0 saturated carbocycles. The van der Waals surface area contributed by atoms with Crippen LogP contribution in [0.4, 0.5) is 0 Å². The molecular weight excluding hydrogens is 238 g/mol. The molecule has 3 rings (SSSR count). The summed E-state index contributed by atoms with van der Waals surface area (Å²) in [4.78, 5) is 15.4. The highest BCUT2D eigenvalue weighted by Crippen LogP contribution is 2.29. The number of benzene rings is 1. The van der Waals surface area contributed by atoms with Crippen molar-refractivity contribution in [1.82, 2.24) is 4.98 Å². The molecule has 0 saturated heterocycles. The highest BCUT2D eigenvalue weighted by atomic mass is 16.5. The van der Waals surface area contributed by atoms with Gasteiger partial charge in [0, 0.05) is 16.6 Å². The van der Waals surface area contributed by atoms with Gasteiger partial charge in [-0.1, -0.05) is 6.92 Å². The van der Waals surface area contributed by atoms with Gasteiger partial charge in [-0.25, -0.2) is 4.79 Å². The zero-order chi connectivity index (χ0) is 13.2. The van der Waals surface area contributed by atoms with Crippen molar-refractivity contribution < 1.29 is 9.53 Å². The molecule has 3 heteroatoms. The molecule has 0 atom stereocenters. The third-order valence-corrected chi connectivity index (χ3v) is 3.77. The van der Waals surface area contributed by atoms with Crippen LogP contribution in [-0.2, 0) is 17.6 Å². The van der Waals surface area contributed by atoms with Gasteiger partial charge >= 0.3 is 5.97 Å². The summed E-state index contributed by atoms with van der Waals surface area (Å²) >= 11 is 0. The van der Waals surface area contributed by atoms with E-state index < -0.39 is 0 Å². The molecule has 3 nitrogen and oxygen atoms in total. The van der Waals surface area contributed by atoms with Crippen LogP contribution in [0.3, 0.4) is 0 Å². The Morgan fingerprint density at radius 3 is 3.00 bits per heavy atom. The number of hydrogen-bond acceptors (Lipinski definition) is 2. The van der Waals surface area contributed by atoms with Gasteiger partial charge in [0.15, 0.2) is 0 Å². The predicted octanol–water partition coefficient (Wildman–Crippen LogP) is 3.61. The second-order valence-corrected chi connectivity index (χ2v) is 5.19. The van der Waals surface area contributed by atoms with Crippen molar-refractivity contribution in [2.75, 3.05) is 6.61 Å². The van der Waals surface area contributed by atoms with Crippen molar-refractivity contribution in [1.29, 1.82) is 0 Å². The first-order valence-corrected chi connectivity index (χ1v) is 7.10. The van der Waals surface area contributed by atoms with Crippen LogP contribution in [-0.4, -0.2) is 17.6 Å². The largest absolute Gasteiger partial charge is 0.462 e. The second-order valence-electron chi connectivity index (χ2n) is 5.19. The molecule has 0 fully saturated rings. The summed E-state index contributed by atoms with van der Waals surface area (Å²) in [5.41, 5.74) is 4.54. The number of aromatic amines is 1. The molecule has 0 bridgehead atoms. The number of esters is 1. The number of rotatable bonds is 3. The quantitative estimate of drug-likeness (QED) is 0.853. The molecule has 1 aromatic heterocycles. The van der Waals surface area contributed by atoms with Gasteiger partial charge in [0.05, 0.1) is 12.2 Å². The number of nitrogens with one attached hydrogen (secondary N) is 1. The van der Waals surface area contributed by atoms with Crippen molar-refractivity contribution in [3.63, 3.8) is 0 Å². The number of fused-ring (bicyclic) bond motifs is 3. The average Bonchev–Trinajstić information content (AvgIpc) is 2.82. The summed E-state index contributed by atoms with van der Waals surface area (Å²) in [6.07, 6.45) is 5.59. The van der Waals surface area contributed by atoms with Gasteiger partial charge in [-0.2, -0.15) is 0 Å². The fourth-order valence-corrected chi connectivity index (χ4v) is 2.81. The molecule has 0 amide bonds. The van der Waals surface area contributed by atoms with Gasteiger partial charge in [-0.05, 0) is 55.9 Å². The average molecular weight is 257 g/mol. The summed E-state index contributed by atoms with van der Waals surface area (Å²) in [7, 11) is 0.